The van der Waals surface area contributed by atoms with Gasteiger partial charge in [-0.05, 0) is 37.5 Å². The number of nitro benzene ring substituents is 1. The number of non-ortho nitro benzene ring substituents is 1. The Kier molecular flexibility index (Phi) is 9.93. The Balaban J connectivity index is 0.00000380. The van der Waals surface area contributed by atoms with Crippen LogP contribution in [0.15, 0.2) is 101 Å². The molecule has 0 saturated carbocycles. The predicted molar refractivity (Wildman–Crippen MR) is 149 cm³/mol. The first-order chi connectivity index (χ1) is 17.5. The Morgan fingerprint density at radius 1 is 0.730 bits per heavy atom. The maximum absolute atomic E-state index is 11.6. The second kappa shape index (κ2) is 13.3. The second-order valence-corrected chi connectivity index (χ2v) is 8.34. The van der Waals surface area contributed by atoms with Crippen LogP contribution in [0.5, 0.6) is 0 Å². The van der Waals surface area contributed by atoms with Crippen LogP contribution in [0.3, 0.4) is 0 Å². The Labute approximate surface area is 227 Å². The maximum Gasteiger partial charge on any atom is 2.00 e. The van der Waals surface area contributed by atoms with Gasteiger partial charge in [0.1, 0.15) is 0 Å². The number of nitro groups is 1. The zero-order valence-electron chi connectivity index (χ0n) is 20.7. The molecule has 0 aromatic heterocycles. The van der Waals surface area contributed by atoms with Crippen LogP contribution in [0, 0.1) is 10.1 Å². The Bertz CT molecular complexity index is 1350. The first-order valence-corrected chi connectivity index (χ1v) is 11.8. The summed E-state index contributed by atoms with van der Waals surface area (Å²) in [6, 6.07) is 24.1. The van der Waals surface area contributed by atoms with E-state index in [2.05, 4.69) is 9.98 Å². The molecule has 3 aromatic carbocycles. The molecule has 0 fully saturated rings. The van der Waals surface area contributed by atoms with Crippen molar-refractivity contribution in [2.45, 2.75) is 20.3 Å². The minimum Gasteiger partial charge on any atom is -0.658 e. The minimum absolute atomic E-state index is 0. The standard InChI is InChI=1S/C29H27N5O2.Ni/c1-21-18-27(23-10-5-3-6-11-23)32-26-15-14-25(34(35)36)20-29(26)33-28(24-12-7-4-8-13-24)19-22(2)31-17-9-16-30-21;/h3-8,10-15,18-20H,9,16-17H2,1-2H3;/q-2;+2/b27-18-,28-19-,30-21?,31-22?;. The van der Waals surface area contributed by atoms with Crippen molar-refractivity contribution < 1.29 is 21.4 Å². The van der Waals surface area contributed by atoms with E-state index in [1.165, 1.54) is 12.1 Å². The third-order valence-corrected chi connectivity index (χ3v) is 5.52. The fourth-order valence-corrected chi connectivity index (χ4v) is 3.72. The molecule has 0 amide bonds. The summed E-state index contributed by atoms with van der Waals surface area (Å²) < 4.78 is 0. The van der Waals surface area contributed by atoms with Crippen LogP contribution in [-0.2, 0) is 16.5 Å². The summed E-state index contributed by atoms with van der Waals surface area (Å²) in [7, 11) is 0. The normalized spacial score (nSPS) is 17.2. The van der Waals surface area contributed by atoms with Gasteiger partial charge in [0, 0.05) is 30.6 Å². The molecular formula is C29H27N5NiO2. The van der Waals surface area contributed by atoms with Crippen molar-refractivity contribution in [1.29, 1.82) is 0 Å². The molecule has 1 heterocycles. The van der Waals surface area contributed by atoms with E-state index in [-0.39, 0.29) is 22.2 Å². The summed E-state index contributed by atoms with van der Waals surface area (Å²) >= 11 is 0. The van der Waals surface area contributed by atoms with Crippen molar-refractivity contribution in [2.75, 3.05) is 13.1 Å². The van der Waals surface area contributed by atoms with Gasteiger partial charge in [0.25, 0.3) is 5.69 Å². The fraction of sp³-hybridized carbons (Fsp3) is 0.172. The predicted octanol–water partition coefficient (Wildman–Crippen LogP) is 8.01. The van der Waals surface area contributed by atoms with E-state index in [9.17, 15) is 10.1 Å². The number of aliphatic imine (C=N–C) groups is 2. The van der Waals surface area contributed by atoms with Crippen LogP contribution in [-0.4, -0.2) is 29.4 Å². The molecule has 7 nitrogen and oxygen atoms in total. The zero-order chi connectivity index (χ0) is 25.3. The summed E-state index contributed by atoms with van der Waals surface area (Å²) in [4.78, 5) is 20.5. The molecule has 8 heteroatoms. The van der Waals surface area contributed by atoms with Crippen molar-refractivity contribution >= 4 is 39.9 Å². The molecule has 4 rings (SSSR count). The summed E-state index contributed by atoms with van der Waals surface area (Å²) in [5.74, 6) is 0. The molecule has 0 saturated heterocycles. The monoisotopic (exact) mass is 535 g/mol. The van der Waals surface area contributed by atoms with E-state index in [1.54, 1.807) is 6.07 Å². The molecule has 0 spiro atoms. The van der Waals surface area contributed by atoms with Gasteiger partial charge in [0.15, 0.2) is 0 Å². The van der Waals surface area contributed by atoms with Gasteiger partial charge in [-0.1, -0.05) is 78.9 Å². The molecule has 1 aliphatic rings. The molecule has 0 aliphatic carbocycles. The van der Waals surface area contributed by atoms with E-state index in [0.717, 1.165) is 29.0 Å². The SMILES string of the molecule is CC1=NCCCN=C(C)/C=C(/c2ccccc2)[N-]c2cc([N+](=O)[O-])ccc2[N-]/C(c2ccccc2)=C\1.[Ni+2]. The van der Waals surface area contributed by atoms with Crippen LogP contribution >= 0.6 is 0 Å². The Morgan fingerprint density at radius 2 is 1.22 bits per heavy atom. The van der Waals surface area contributed by atoms with Gasteiger partial charge < -0.3 is 10.6 Å². The average Bonchev–Trinajstić information content (AvgIpc) is 2.89. The van der Waals surface area contributed by atoms with Crippen molar-refractivity contribution in [2.24, 2.45) is 9.98 Å². The van der Waals surface area contributed by atoms with Gasteiger partial charge >= 0.3 is 16.5 Å². The van der Waals surface area contributed by atoms with Gasteiger partial charge in [-0.3, -0.25) is 20.1 Å². The van der Waals surface area contributed by atoms with Gasteiger partial charge in [0.05, 0.1) is 4.92 Å². The van der Waals surface area contributed by atoms with Crippen LogP contribution in [0.1, 0.15) is 31.4 Å². The second-order valence-electron chi connectivity index (χ2n) is 8.34. The zero-order valence-corrected chi connectivity index (χ0v) is 21.6. The maximum atomic E-state index is 11.6. The summed E-state index contributed by atoms with van der Waals surface area (Å²) in [5.41, 5.74) is 5.69. The van der Waals surface area contributed by atoms with Crippen molar-refractivity contribution in [3.63, 3.8) is 0 Å². The van der Waals surface area contributed by atoms with Crippen LogP contribution in [0.2, 0.25) is 0 Å². The molecule has 190 valence electrons. The van der Waals surface area contributed by atoms with Crippen molar-refractivity contribution in [3.05, 3.63) is 123 Å². The number of hydrogen-bond acceptors (Lipinski definition) is 4. The smallest absolute Gasteiger partial charge is 0.658 e. The summed E-state index contributed by atoms with van der Waals surface area (Å²) in [5, 5.41) is 21.4. The molecule has 0 bridgehead atoms. The summed E-state index contributed by atoms with van der Waals surface area (Å²) in [6.45, 7) is 5.17. The number of hydrogen-bond donors (Lipinski definition) is 0. The van der Waals surface area contributed by atoms with Crippen LogP contribution < -0.4 is 0 Å². The number of nitrogens with zero attached hydrogens (tertiary/aromatic N) is 5. The number of rotatable bonds is 3. The van der Waals surface area contributed by atoms with E-state index < -0.39 is 4.92 Å². The van der Waals surface area contributed by atoms with Gasteiger partial charge in [-0.2, -0.15) is 5.69 Å². The molecular weight excluding hydrogens is 509 g/mol. The third-order valence-electron chi connectivity index (χ3n) is 5.52. The topological polar surface area (TPSA) is 96.1 Å². The molecule has 1 aliphatic heterocycles. The Hall–Kier alpha value is -4.03. The third kappa shape index (κ3) is 7.73. The minimum atomic E-state index is -0.422. The van der Waals surface area contributed by atoms with E-state index in [0.29, 0.717) is 35.9 Å². The van der Waals surface area contributed by atoms with Crippen LogP contribution in [0.4, 0.5) is 17.1 Å². The summed E-state index contributed by atoms with van der Waals surface area (Å²) in [6.07, 6.45) is 4.65. The molecule has 0 unspecified atom stereocenters. The first kappa shape index (κ1) is 27.6. The van der Waals surface area contributed by atoms with Crippen molar-refractivity contribution in [1.82, 2.24) is 0 Å². The molecule has 0 radical (unpaired) electrons. The quantitative estimate of drug-likeness (QED) is 0.193. The molecule has 0 atom stereocenters. The van der Waals surface area contributed by atoms with Crippen LogP contribution in [0.25, 0.3) is 22.0 Å². The van der Waals surface area contributed by atoms with Crippen molar-refractivity contribution in [3.8, 4) is 0 Å². The number of allylic oxidation sites excluding steroid dienone is 2. The largest absolute Gasteiger partial charge is 2.00 e. The van der Waals surface area contributed by atoms with E-state index >= 15 is 0 Å². The fourth-order valence-electron chi connectivity index (χ4n) is 3.72. The molecule has 0 N–H and O–H groups in total. The van der Waals surface area contributed by atoms with Gasteiger partial charge in [-0.25, -0.2) is 0 Å². The Morgan fingerprint density at radius 3 is 1.70 bits per heavy atom. The number of fused-ring (bicyclic) bond motifs is 1. The molecule has 37 heavy (non-hydrogen) atoms. The van der Waals surface area contributed by atoms with E-state index in [1.807, 2.05) is 86.7 Å². The first-order valence-electron chi connectivity index (χ1n) is 11.8. The van der Waals surface area contributed by atoms with Gasteiger partial charge in [-0.15, -0.1) is 17.1 Å². The average molecular weight is 536 g/mol. The molecule has 3 aromatic rings. The van der Waals surface area contributed by atoms with E-state index in [4.69, 9.17) is 10.6 Å². The number of benzene rings is 3. The van der Waals surface area contributed by atoms with Gasteiger partial charge in [0.2, 0.25) is 0 Å².